The fourth-order valence-electron chi connectivity index (χ4n) is 1.83. The van der Waals surface area contributed by atoms with Crippen LogP contribution in [0.1, 0.15) is 12.8 Å². The monoisotopic (exact) mass is 324 g/mol. The Morgan fingerprint density at radius 1 is 1.29 bits per heavy atom. The highest BCUT2D eigenvalue weighted by Gasteiger charge is 2.24. The highest BCUT2D eigenvalue weighted by Crippen LogP contribution is 2.06. The number of nitrogens with zero attached hydrogens (tertiary/aromatic N) is 1. The number of carbonyl (C=O) groups excluding carboxylic acids is 1. The van der Waals surface area contributed by atoms with E-state index in [-0.39, 0.29) is 31.3 Å². The Kier molecular flexibility index (Phi) is 8.77. The lowest BCUT2D eigenvalue weighted by Gasteiger charge is -2.25. The number of nitrogens with one attached hydrogen (secondary N) is 1. The van der Waals surface area contributed by atoms with Crippen LogP contribution < -0.4 is 5.32 Å². The van der Waals surface area contributed by atoms with E-state index in [4.69, 9.17) is 14.6 Å². The van der Waals surface area contributed by atoms with Crippen molar-refractivity contribution in [3.63, 3.8) is 0 Å². The smallest absolute Gasteiger partial charge is 0.221 e. The van der Waals surface area contributed by atoms with E-state index in [0.29, 0.717) is 45.9 Å². The molecule has 0 atom stereocenters. The Morgan fingerprint density at radius 2 is 2.00 bits per heavy atom. The standard InChI is InChI=1S/C12H24N2O6S/c15-6-10-19-7-1-3-13-12(16)2-11-21(17,18)14-4-8-20-9-5-14/h15H,1-11H2,(H,13,16). The number of morpholine rings is 1. The van der Waals surface area contributed by atoms with Crippen molar-refractivity contribution in [1.82, 2.24) is 9.62 Å². The first kappa shape index (κ1) is 18.3. The van der Waals surface area contributed by atoms with E-state index in [1.807, 2.05) is 0 Å². The van der Waals surface area contributed by atoms with Crippen LogP contribution in [-0.2, 0) is 24.3 Å². The molecule has 0 saturated carbocycles. The molecule has 0 bridgehead atoms. The van der Waals surface area contributed by atoms with Crippen molar-refractivity contribution in [3.8, 4) is 0 Å². The van der Waals surface area contributed by atoms with Crippen molar-refractivity contribution < 1.29 is 27.8 Å². The van der Waals surface area contributed by atoms with Crippen LogP contribution in [0.5, 0.6) is 0 Å². The molecule has 1 aliphatic heterocycles. The zero-order chi connectivity index (χ0) is 15.6. The average molecular weight is 324 g/mol. The number of sulfonamides is 1. The third-order valence-electron chi connectivity index (χ3n) is 2.97. The molecule has 1 amide bonds. The van der Waals surface area contributed by atoms with Crippen LogP contribution in [0.15, 0.2) is 0 Å². The summed E-state index contributed by atoms with van der Waals surface area (Å²) in [5, 5.41) is 11.1. The summed E-state index contributed by atoms with van der Waals surface area (Å²) < 4.78 is 35.5. The molecule has 124 valence electrons. The van der Waals surface area contributed by atoms with E-state index in [9.17, 15) is 13.2 Å². The van der Waals surface area contributed by atoms with E-state index >= 15 is 0 Å². The summed E-state index contributed by atoms with van der Waals surface area (Å²) in [6, 6.07) is 0. The summed E-state index contributed by atoms with van der Waals surface area (Å²) in [6.07, 6.45) is 0.582. The molecule has 2 N–H and O–H groups in total. The first-order valence-corrected chi connectivity index (χ1v) is 8.68. The van der Waals surface area contributed by atoms with Gasteiger partial charge in [0.1, 0.15) is 0 Å². The summed E-state index contributed by atoms with van der Waals surface area (Å²) in [7, 11) is -3.38. The molecule has 0 aromatic carbocycles. The van der Waals surface area contributed by atoms with Crippen molar-refractivity contribution in [2.75, 3.05) is 58.4 Å². The van der Waals surface area contributed by atoms with Gasteiger partial charge in [-0.1, -0.05) is 0 Å². The predicted molar refractivity (Wildman–Crippen MR) is 76.3 cm³/mol. The Balaban J connectivity index is 2.14. The van der Waals surface area contributed by atoms with Gasteiger partial charge in [0.2, 0.25) is 15.9 Å². The Hall–Kier alpha value is -0.740. The van der Waals surface area contributed by atoms with Crippen molar-refractivity contribution in [2.45, 2.75) is 12.8 Å². The maximum absolute atomic E-state index is 12.0. The van der Waals surface area contributed by atoms with Gasteiger partial charge in [-0.05, 0) is 6.42 Å². The van der Waals surface area contributed by atoms with Crippen molar-refractivity contribution in [3.05, 3.63) is 0 Å². The van der Waals surface area contributed by atoms with Gasteiger partial charge >= 0.3 is 0 Å². The van der Waals surface area contributed by atoms with Gasteiger partial charge in [-0.15, -0.1) is 0 Å². The second kappa shape index (κ2) is 10.1. The van der Waals surface area contributed by atoms with Gasteiger partial charge < -0.3 is 19.9 Å². The summed E-state index contributed by atoms with van der Waals surface area (Å²) in [5.41, 5.74) is 0. The average Bonchev–Trinajstić information content (AvgIpc) is 2.50. The molecule has 0 aromatic rings. The number of ether oxygens (including phenoxy) is 2. The molecule has 1 rings (SSSR count). The van der Waals surface area contributed by atoms with Gasteiger partial charge in [0, 0.05) is 32.7 Å². The lowest BCUT2D eigenvalue weighted by atomic mass is 10.4. The van der Waals surface area contributed by atoms with E-state index in [0.717, 1.165) is 0 Å². The van der Waals surface area contributed by atoms with Crippen LogP contribution in [0.4, 0.5) is 0 Å². The normalized spacial score (nSPS) is 16.8. The van der Waals surface area contributed by atoms with Crippen molar-refractivity contribution >= 4 is 15.9 Å². The predicted octanol–water partition coefficient (Wildman–Crippen LogP) is -1.45. The Morgan fingerprint density at radius 3 is 2.67 bits per heavy atom. The van der Waals surface area contributed by atoms with E-state index in [1.54, 1.807) is 0 Å². The number of aliphatic hydroxyl groups is 1. The van der Waals surface area contributed by atoms with Crippen LogP contribution in [-0.4, -0.2) is 82.2 Å². The summed E-state index contributed by atoms with van der Waals surface area (Å²) >= 11 is 0. The lowest BCUT2D eigenvalue weighted by Crippen LogP contribution is -2.42. The van der Waals surface area contributed by atoms with E-state index < -0.39 is 10.0 Å². The first-order valence-electron chi connectivity index (χ1n) is 7.07. The summed E-state index contributed by atoms with van der Waals surface area (Å²) in [4.78, 5) is 11.6. The largest absolute Gasteiger partial charge is 0.394 e. The van der Waals surface area contributed by atoms with Crippen LogP contribution >= 0.6 is 0 Å². The molecule has 0 aliphatic carbocycles. The number of rotatable bonds is 10. The maximum atomic E-state index is 12.0. The minimum absolute atomic E-state index is 0.0221. The number of hydrogen-bond donors (Lipinski definition) is 2. The molecular formula is C12H24N2O6S. The van der Waals surface area contributed by atoms with Crippen LogP contribution in [0.3, 0.4) is 0 Å². The second-order valence-electron chi connectivity index (χ2n) is 4.62. The van der Waals surface area contributed by atoms with Crippen molar-refractivity contribution in [1.29, 1.82) is 0 Å². The van der Waals surface area contributed by atoms with Crippen LogP contribution in [0.2, 0.25) is 0 Å². The fraction of sp³-hybridized carbons (Fsp3) is 0.917. The minimum atomic E-state index is -3.38. The third-order valence-corrected chi connectivity index (χ3v) is 4.85. The molecule has 0 unspecified atom stereocenters. The summed E-state index contributed by atoms with van der Waals surface area (Å²) in [6.45, 7) is 2.66. The molecule has 1 saturated heterocycles. The van der Waals surface area contributed by atoms with Gasteiger partial charge in [-0.3, -0.25) is 4.79 Å². The molecular weight excluding hydrogens is 300 g/mol. The Bertz CT molecular complexity index is 395. The highest BCUT2D eigenvalue weighted by atomic mass is 32.2. The summed E-state index contributed by atoms with van der Waals surface area (Å²) in [5.74, 6) is -0.464. The van der Waals surface area contributed by atoms with E-state index in [1.165, 1.54) is 4.31 Å². The van der Waals surface area contributed by atoms with Gasteiger partial charge in [-0.2, -0.15) is 4.31 Å². The second-order valence-corrected chi connectivity index (χ2v) is 6.71. The van der Waals surface area contributed by atoms with Gasteiger partial charge in [0.05, 0.1) is 32.2 Å². The molecule has 9 heteroatoms. The number of amides is 1. The highest BCUT2D eigenvalue weighted by molar-refractivity contribution is 7.89. The molecule has 21 heavy (non-hydrogen) atoms. The SMILES string of the molecule is O=C(CCS(=O)(=O)N1CCOCC1)NCCCOCCO. The maximum Gasteiger partial charge on any atom is 0.221 e. The quantitative estimate of drug-likeness (QED) is 0.477. The number of aliphatic hydroxyl groups excluding tert-OH is 1. The zero-order valence-corrected chi connectivity index (χ0v) is 12.9. The zero-order valence-electron chi connectivity index (χ0n) is 12.1. The van der Waals surface area contributed by atoms with Gasteiger partial charge in [0.25, 0.3) is 0 Å². The number of carbonyl (C=O) groups is 1. The Labute approximate surface area is 125 Å². The minimum Gasteiger partial charge on any atom is -0.394 e. The van der Waals surface area contributed by atoms with Gasteiger partial charge in [0.15, 0.2) is 0 Å². The molecule has 0 aromatic heterocycles. The fourth-order valence-corrected chi connectivity index (χ4v) is 3.24. The molecule has 1 heterocycles. The first-order chi connectivity index (χ1) is 10.1. The van der Waals surface area contributed by atoms with E-state index in [2.05, 4.69) is 5.32 Å². The molecule has 0 radical (unpaired) electrons. The molecule has 8 nitrogen and oxygen atoms in total. The third kappa shape index (κ3) is 7.72. The van der Waals surface area contributed by atoms with Crippen LogP contribution in [0, 0.1) is 0 Å². The topological polar surface area (TPSA) is 105 Å². The molecule has 1 aliphatic rings. The molecule has 0 spiro atoms. The number of hydrogen-bond acceptors (Lipinski definition) is 6. The molecule has 1 fully saturated rings. The van der Waals surface area contributed by atoms with Crippen LogP contribution in [0.25, 0.3) is 0 Å². The lowest BCUT2D eigenvalue weighted by molar-refractivity contribution is -0.120. The van der Waals surface area contributed by atoms with Gasteiger partial charge in [-0.25, -0.2) is 8.42 Å². The van der Waals surface area contributed by atoms with Crippen molar-refractivity contribution in [2.24, 2.45) is 0 Å².